The average Bonchev–Trinajstić information content (AvgIpc) is 2.64. The van der Waals surface area contributed by atoms with Crippen molar-refractivity contribution in [1.82, 2.24) is 10.6 Å². The van der Waals surface area contributed by atoms with Crippen LogP contribution in [0.5, 0.6) is 0 Å². The van der Waals surface area contributed by atoms with E-state index in [1.54, 1.807) is 13.8 Å². The van der Waals surface area contributed by atoms with Crippen molar-refractivity contribution in [3.05, 3.63) is 0 Å². The lowest BCUT2D eigenvalue weighted by atomic mass is 9.98. The van der Waals surface area contributed by atoms with Gasteiger partial charge in [0.05, 0.1) is 0 Å². The van der Waals surface area contributed by atoms with E-state index in [4.69, 9.17) is 13.7 Å². The van der Waals surface area contributed by atoms with Crippen LogP contribution in [0, 0.1) is 11.8 Å². The molecule has 0 spiro atoms. The van der Waals surface area contributed by atoms with Gasteiger partial charge in [-0.3, -0.25) is 4.79 Å². The van der Waals surface area contributed by atoms with Gasteiger partial charge in [0.2, 0.25) is 5.91 Å². The van der Waals surface area contributed by atoms with Crippen molar-refractivity contribution < 1.29 is 18.5 Å². The zero-order valence-corrected chi connectivity index (χ0v) is 12.0. The maximum absolute atomic E-state index is 11.3. The van der Waals surface area contributed by atoms with Crippen molar-refractivity contribution in [3.8, 4) is 0 Å². The molecule has 3 nitrogen and oxygen atoms in total. The van der Waals surface area contributed by atoms with Crippen LogP contribution in [-0.4, -0.2) is 23.5 Å². The van der Waals surface area contributed by atoms with Crippen LogP contribution in [0.3, 0.4) is 0 Å². The minimum absolute atomic E-state index is 0. The third-order valence-corrected chi connectivity index (χ3v) is 2.49. The molecule has 2 saturated heterocycles. The Balaban J connectivity index is 0.000000504. The van der Waals surface area contributed by atoms with Crippen LogP contribution in [0.2, 0.25) is 0 Å². The Morgan fingerprint density at radius 1 is 1.22 bits per heavy atom. The van der Waals surface area contributed by atoms with Crippen molar-refractivity contribution >= 4 is 18.3 Å². The van der Waals surface area contributed by atoms with Crippen molar-refractivity contribution in [2.75, 3.05) is 6.54 Å². The molecule has 2 atom stereocenters. The number of nitrogens with one attached hydrogen (secondary N) is 2. The minimum atomic E-state index is -2.60. The summed E-state index contributed by atoms with van der Waals surface area (Å²) < 4.78 is 73.8. The van der Waals surface area contributed by atoms with Gasteiger partial charge >= 0.3 is 0 Å². The van der Waals surface area contributed by atoms with Gasteiger partial charge in [0.25, 0.3) is 0 Å². The van der Waals surface area contributed by atoms with Crippen LogP contribution >= 0.6 is 12.4 Å². The molecule has 2 rings (SSSR count). The fourth-order valence-electron chi connectivity index (χ4n) is 1.74. The zero-order chi connectivity index (χ0) is 21.9. The molecule has 0 aromatic carbocycles. The summed E-state index contributed by atoms with van der Waals surface area (Å²) in [5, 5.41) is 5.27. The molecular weight excluding hydrogens is 248 g/mol. The molecule has 2 aliphatic heterocycles. The lowest BCUT2D eigenvalue weighted by Gasteiger charge is -2.16. The Labute approximate surface area is 132 Å². The number of hydrogen-bond donors (Lipinski definition) is 2. The van der Waals surface area contributed by atoms with Gasteiger partial charge in [-0.05, 0) is 52.9 Å². The highest BCUT2D eigenvalue weighted by Gasteiger charge is 2.33. The maximum Gasteiger partial charge on any atom is 0.223 e. The Morgan fingerprint density at radius 3 is 2.11 bits per heavy atom. The molecule has 1 amide bonds. The smallest absolute Gasteiger partial charge is 0.223 e. The van der Waals surface area contributed by atoms with Gasteiger partial charge in [0.15, 0.2) is 0 Å². The van der Waals surface area contributed by atoms with Gasteiger partial charge < -0.3 is 10.6 Å². The molecule has 0 aromatic heterocycles. The minimum Gasteiger partial charge on any atom is -0.351 e. The van der Waals surface area contributed by atoms with E-state index >= 15 is 0 Å². The quantitative estimate of drug-likeness (QED) is 0.719. The topological polar surface area (TPSA) is 41.1 Å². The summed E-state index contributed by atoms with van der Waals surface area (Å²) in [4.78, 5) is 11.3. The predicted octanol–water partition coefficient (Wildman–Crippen LogP) is 2.74. The SMILES string of the molecule is Cl.[2H]C([2H])([2H])[C@@H]1C(=O)NC(C)(C)C1([2H])[2H].[2H]C([2H])([2H])[C@@H]1CNC(C)(C)C1([2H])[2H]. The number of hydrogen-bond acceptors (Lipinski definition) is 2. The van der Waals surface area contributed by atoms with E-state index in [2.05, 4.69) is 10.6 Å². The summed E-state index contributed by atoms with van der Waals surface area (Å²) in [6.07, 6.45) is -3.74. The molecule has 0 bridgehead atoms. The van der Waals surface area contributed by atoms with Crippen LogP contribution in [0.4, 0.5) is 0 Å². The van der Waals surface area contributed by atoms with E-state index < -0.39 is 55.3 Å². The van der Waals surface area contributed by atoms with Crippen LogP contribution in [0.25, 0.3) is 0 Å². The van der Waals surface area contributed by atoms with Crippen LogP contribution in [-0.2, 0) is 4.79 Å². The number of carbonyl (C=O) groups excluding carboxylic acids is 1. The summed E-state index contributed by atoms with van der Waals surface area (Å²) >= 11 is 0. The van der Waals surface area contributed by atoms with E-state index in [1.807, 2.05) is 0 Å². The summed E-state index contributed by atoms with van der Waals surface area (Å²) in [5.41, 5.74) is -1.89. The second kappa shape index (κ2) is 6.25. The van der Waals surface area contributed by atoms with E-state index in [0.29, 0.717) is 0 Å². The molecule has 2 aliphatic rings. The monoisotopic (exact) mass is 286 g/mol. The van der Waals surface area contributed by atoms with Crippen molar-refractivity contribution in [1.29, 1.82) is 0 Å². The van der Waals surface area contributed by atoms with E-state index in [-0.39, 0.29) is 19.0 Å². The van der Waals surface area contributed by atoms with Gasteiger partial charge in [-0.15, -0.1) is 12.4 Å². The molecule has 0 aliphatic carbocycles. The Hall–Kier alpha value is -0.280. The summed E-state index contributed by atoms with van der Waals surface area (Å²) in [7, 11) is 0. The first-order chi connectivity index (χ1) is 11.6. The third kappa shape index (κ3) is 5.57. The normalized spacial score (nSPS) is 47.2. The van der Waals surface area contributed by atoms with Crippen LogP contribution in [0.15, 0.2) is 0 Å². The molecule has 0 radical (unpaired) electrons. The molecule has 0 saturated carbocycles. The standard InChI is InChI=1S/C7H13NO.C7H15N.ClH/c1-5-4-7(2,3)8-6(5)9;1-6-4-7(2,3)8-5-6;/h5H,4H2,1-3H3,(H,8,9);6,8H,4-5H2,1-3H3;1H/t5-;6-;/m00./s1/i2*1D3,4D2;. The van der Waals surface area contributed by atoms with E-state index in [0.717, 1.165) is 0 Å². The van der Waals surface area contributed by atoms with E-state index in [1.165, 1.54) is 13.8 Å². The van der Waals surface area contributed by atoms with Crippen molar-refractivity contribution in [2.45, 2.75) is 65.2 Å². The Kier molecular flexibility index (Phi) is 2.41. The van der Waals surface area contributed by atoms with Gasteiger partial charge in [0, 0.05) is 30.7 Å². The molecule has 2 heterocycles. The number of amides is 1. The lowest BCUT2D eigenvalue weighted by Crippen LogP contribution is -2.34. The van der Waals surface area contributed by atoms with Gasteiger partial charge in [-0.1, -0.05) is 13.7 Å². The fraction of sp³-hybridized carbons (Fsp3) is 0.929. The fourth-order valence-corrected chi connectivity index (χ4v) is 1.74. The zero-order valence-electron chi connectivity index (χ0n) is 21.2. The van der Waals surface area contributed by atoms with Gasteiger partial charge in [-0.25, -0.2) is 0 Å². The molecule has 2 N–H and O–H groups in total. The van der Waals surface area contributed by atoms with E-state index in [9.17, 15) is 4.79 Å². The summed E-state index contributed by atoms with van der Waals surface area (Å²) in [6.45, 7) is 1.76. The molecular formula is C14H29ClN2O. The van der Waals surface area contributed by atoms with Crippen LogP contribution in [0.1, 0.15) is 67.9 Å². The largest absolute Gasteiger partial charge is 0.351 e. The average molecular weight is 287 g/mol. The molecule has 108 valence electrons. The first kappa shape index (κ1) is 6.94. The third-order valence-electron chi connectivity index (χ3n) is 2.49. The number of rotatable bonds is 0. The first-order valence-corrected chi connectivity index (χ1v) is 5.66. The summed E-state index contributed by atoms with van der Waals surface area (Å²) in [6, 6.07) is 0. The maximum atomic E-state index is 11.3. The molecule has 4 heteroatoms. The highest BCUT2D eigenvalue weighted by atomic mass is 35.5. The second-order valence-electron chi connectivity index (χ2n) is 5.39. The summed E-state index contributed by atoms with van der Waals surface area (Å²) in [5.74, 6) is -3.22. The molecule has 2 fully saturated rings. The van der Waals surface area contributed by atoms with Crippen molar-refractivity contribution in [3.63, 3.8) is 0 Å². The van der Waals surface area contributed by atoms with Crippen LogP contribution < -0.4 is 10.6 Å². The number of carbonyl (C=O) groups is 1. The van der Waals surface area contributed by atoms with Gasteiger partial charge in [0.1, 0.15) is 0 Å². The Morgan fingerprint density at radius 2 is 1.89 bits per heavy atom. The number of halogens is 1. The Bertz CT molecular complexity index is 586. The second-order valence-corrected chi connectivity index (χ2v) is 5.39. The van der Waals surface area contributed by atoms with Gasteiger partial charge in [-0.2, -0.15) is 0 Å². The molecule has 0 aromatic rings. The van der Waals surface area contributed by atoms with Crippen molar-refractivity contribution in [2.24, 2.45) is 11.8 Å². The highest BCUT2D eigenvalue weighted by Crippen LogP contribution is 2.23. The predicted molar refractivity (Wildman–Crippen MR) is 79.1 cm³/mol. The first-order valence-electron chi connectivity index (χ1n) is 10.7. The molecule has 18 heavy (non-hydrogen) atoms. The molecule has 0 unspecified atom stereocenters. The lowest BCUT2D eigenvalue weighted by molar-refractivity contribution is -0.122. The highest BCUT2D eigenvalue weighted by molar-refractivity contribution is 5.85.